The van der Waals surface area contributed by atoms with Crippen LogP contribution in [-0.4, -0.2) is 19.6 Å². The first-order valence-electron chi connectivity index (χ1n) is 7.08. The number of rotatable bonds is 7. The Kier molecular flexibility index (Phi) is 6.10. The van der Waals surface area contributed by atoms with Crippen molar-refractivity contribution in [1.29, 1.82) is 0 Å². The van der Waals surface area contributed by atoms with Crippen LogP contribution >= 0.6 is 11.6 Å². The third-order valence-electron chi connectivity index (χ3n) is 3.48. The number of hydrogen-bond acceptors (Lipinski definition) is 3. The zero-order valence-corrected chi connectivity index (χ0v) is 13.4. The van der Waals surface area contributed by atoms with E-state index >= 15 is 0 Å². The van der Waals surface area contributed by atoms with E-state index in [2.05, 4.69) is 5.32 Å². The van der Waals surface area contributed by atoms with Gasteiger partial charge in [-0.25, -0.2) is 4.39 Å². The minimum Gasteiger partial charge on any atom is -0.383 e. The minimum atomic E-state index is -0.470. The van der Waals surface area contributed by atoms with Gasteiger partial charge in [-0.15, -0.1) is 0 Å². The number of ether oxygens (including phenoxy) is 1. The number of carbonyl (C=O) groups excluding carboxylic acids is 1. The van der Waals surface area contributed by atoms with E-state index in [0.29, 0.717) is 24.3 Å². The van der Waals surface area contributed by atoms with Crippen molar-refractivity contribution in [2.24, 2.45) is 5.73 Å². The second-order valence-electron chi connectivity index (χ2n) is 5.09. The fourth-order valence-corrected chi connectivity index (χ4v) is 2.42. The quantitative estimate of drug-likeness (QED) is 0.816. The molecule has 2 aromatic carbocycles. The van der Waals surface area contributed by atoms with Crippen LogP contribution in [0.1, 0.15) is 27.5 Å². The van der Waals surface area contributed by atoms with Crippen LogP contribution in [0.2, 0.25) is 5.02 Å². The minimum absolute atomic E-state index is 0.0798. The molecule has 2 aromatic rings. The topological polar surface area (TPSA) is 64.3 Å². The monoisotopic (exact) mass is 336 g/mol. The van der Waals surface area contributed by atoms with Crippen molar-refractivity contribution < 1.29 is 13.9 Å². The molecule has 1 amide bonds. The van der Waals surface area contributed by atoms with Gasteiger partial charge in [-0.3, -0.25) is 4.79 Å². The second kappa shape index (κ2) is 8.06. The van der Waals surface area contributed by atoms with Gasteiger partial charge in [-0.05, 0) is 23.8 Å². The van der Waals surface area contributed by atoms with E-state index in [-0.39, 0.29) is 11.1 Å². The van der Waals surface area contributed by atoms with Gasteiger partial charge in [0.05, 0.1) is 17.7 Å². The molecule has 2 rings (SSSR count). The molecule has 1 atom stereocenters. The Morgan fingerprint density at radius 1 is 1.30 bits per heavy atom. The lowest BCUT2D eigenvalue weighted by Crippen LogP contribution is -2.26. The molecule has 3 N–H and O–H groups in total. The predicted octanol–water partition coefficient (Wildman–Crippen LogP) is 3.06. The maximum Gasteiger partial charge on any atom is 0.248 e. The Hall–Kier alpha value is -1.95. The summed E-state index contributed by atoms with van der Waals surface area (Å²) in [4.78, 5) is 11.1. The molecule has 0 saturated heterocycles. The van der Waals surface area contributed by atoms with Gasteiger partial charge >= 0.3 is 0 Å². The molecule has 0 saturated carbocycles. The van der Waals surface area contributed by atoms with Crippen LogP contribution in [0.25, 0.3) is 0 Å². The molecule has 0 heterocycles. The summed E-state index contributed by atoms with van der Waals surface area (Å²) < 4.78 is 19.3. The van der Waals surface area contributed by atoms with Crippen LogP contribution in [0, 0.1) is 5.82 Å². The highest BCUT2D eigenvalue weighted by molar-refractivity contribution is 6.30. The number of nitrogens with one attached hydrogen (secondary N) is 1. The van der Waals surface area contributed by atoms with E-state index in [1.165, 1.54) is 6.07 Å². The summed E-state index contributed by atoms with van der Waals surface area (Å²) in [6.07, 6.45) is 0. The van der Waals surface area contributed by atoms with Crippen molar-refractivity contribution in [2.45, 2.75) is 12.6 Å². The van der Waals surface area contributed by atoms with Gasteiger partial charge in [0, 0.05) is 24.8 Å². The van der Waals surface area contributed by atoms with Crippen molar-refractivity contribution >= 4 is 17.5 Å². The van der Waals surface area contributed by atoms with Crippen LogP contribution in [-0.2, 0) is 11.3 Å². The van der Waals surface area contributed by atoms with E-state index in [1.807, 2.05) is 0 Å². The van der Waals surface area contributed by atoms with E-state index in [4.69, 9.17) is 22.1 Å². The summed E-state index contributed by atoms with van der Waals surface area (Å²) in [7, 11) is 1.55. The number of methoxy groups -OCH3 is 1. The summed E-state index contributed by atoms with van der Waals surface area (Å²) in [5.74, 6) is -0.921. The molecule has 6 heteroatoms. The average Bonchev–Trinajstić information content (AvgIpc) is 2.54. The summed E-state index contributed by atoms with van der Waals surface area (Å²) in [6, 6.07) is 11.5. The normalized spacial score (nSPS) is 12.1. The largest absolute Gasteiger partial charge is 0.383 e. The fourth-order valence-electron chi connectivity index (χ4n) is 2.24. The number of amides is 1. The molecule has 0 aliphatic heterocycles. The Balaban J connectivity index is 2.10. The fraction of sp³-hybridized carbons (Fsp3) is 0.235. The van der Waals surface area contributed by atoms with Crippen molar-refractivity contribution in [3.8, 4) is 0 Å². The van der Waals surface area contributed by atoms with Crippen LogP contribution in [0.5, 0.6) is 0 Å². The van der Waals surface area contributed by atoms with Gasteiger partial charge in [-0.1, -0.05) is 35.9 Å². The van der Waals surface area contributed by atoms with Crippen molar-refractivity contribution in [1.82, 2.24) is 5.32 Å². The standard InChI is InChI=1S/C17H18ClFN2O2/c1-23-10-15(13-3-2-4-14(18)16(13)19)21-9-11-5-7-12(8-6-11)17(20)22/h2-8,15,21H,9-10H2,1H3,(H2,20,22). The highest BCUT2D eigenvalue weighted by Crippen LogP contribution is 2.24. The third kappa shape index (κ3) is 4.51. The molecule has 122 valence electrons. The van der Waals surface area contributed by atoms with Gasteiger partial charge in [0.15, 0.2) is 0 Å². The smallest absolute Gasteiger partial charge is 0.248 e. The number of hydrogen-bond donors (Lipinski definition) is 2. The number of nitrogens with two attached hydrogens (primary N) is 1. The average molecular weight is 337 g/mol. The Morgan fingerprint density at radius 2 is 2.00 bits per heavy atom. The Morgan fingerprint density at radius 3 is 2.61 bits per heavy atom. The summed E-state index contributed by atoms with van der Waals surface area (Å²) in [5, 5.41) is 3.31. The predicted molar refractivity (Wildman–Crippen MR) is 87.8 cm³/mol. The number of benzene rings is 2. The van der Waals surface area contributed by atoms with Gasteiger partial charge in [0.25, 0.3) is 0 Å². The van der Waals surface area contributed by atoms with Crippen molar-refractivity contribution in [3.63, 3.8) is 0 Å². The zero-order chi connectivity index (χ0) is 16.8. The molecule has 1 unspecified atom stereocenters. The van der Waals surface area contributed by atoms with Gasteiger partial charge in [0.1, 0.15) is 5.82 Å². The first-order valence-corrected chi connectivity index (χ1v) is 7.45. The van der Waals surface area contributed by atoms with Gasteiger partial charge < -0.3 is 15.8 Å². The highest BCUT2D eigenvalue weighted by Gasteiger charge is 2.17. The van der Waals surface area contributed by atoms with Crippen LogP contribution in [0.15, 0.2) is 42.5 Å². The maximum absolute atomic E-state index is 14.2. The van der Waals surface area contributed by atoms with Crippen molar-refractivity contribution in [2.75, 3.05) is 13.7 Å². The number of primary amides is 1. The lowest BCUT2D eigenvalue weighted by atomic mass is 10.1. The van der Waals surface area contributed by atoms with Crippen LogP contribution in [0.3, 0.4) is 0 Å². The van der Waals surface area contributed by atoms with E-state index in [1.54, 1.807) is 43.5 Å². The molecule has 0 aliphatic carbocycles. The summed E-state index contributed by atoms with van der Waals surface area (Å²) in [6.45, 7) is 0.787. The molecule has 0 aromatic heterocycles. The molecular formula is C17H18ClFN2O2. The first kappa shape index (κ1) is 17.4. The summed E-state index contributed by atoms with van der Waals surface area (Å²) in [5.41, 5.74) is 7.05. The molecule has 0 fully saturated rings. The SMILES string of the molecule is COCC(NCc1ccc(C(N)=O)cc1)c1cccc(Cl)c1F. The van der Waals surface area contributed by atoms with Gasteiger partial charge in [0.2, 0.25) is 5.91 Å². The lowest BCUT2D eigenvalue weighted by Gasteiger charge is -2.19. The van der Waals surface area contributed by atoms with E-state index in [0.717, 1.165) is 5.56 Å². The van der Waals surface area contributed by atoms with Gasteiger partial charge in [-0.2, -0.15) is 0 Å². The van der Waals surface area contributed by atoms with E-state index < -0.39 is 11.7 Å². The number of carbonyl (C=O) groups is 1. The van der Waals surface area contributed by atoms with Crippen LogP contribution < -0.4 is 11.1 Å². The second-order valence-corrected chi connectivity index (χ2v) is 5.50. The first-order chi connectivity index (χ1) is 11.0. The molecule has 0 bridgehead atoms. The lowest BCUT2D eigenvalue weighted by molar-refractivity contribution is 0.100. The molecule has 23 heavy (non-hydrogen) atoms. The molecule has 4 nitrogen and oxygen atoms in total. The number of halogens is 2. The third-order valence-corrected chi connectivity index (χ3v) is 3.77. The highest BCUT2D eigenvalue weighted by atomic mass is 35.5. The van der Waals surface area contributed by atoms with Crippen LogP contribution in [0.4, 0.5) is 4.39 Å². The summed E-state index contributed by atoms with van der Waals surface area (Å²) >= 11 is 5.83. The van der Waals surface area contributed by atoms with Crippen molar-refractivity contribution in [3.05, 3.63) is 70.0 Å². The zero-order valence-electron chi connectivity index (χ0n) is 12.7. The Labute approximate surface area is 139 Å². The Bertz CT molecular complexity index is 677. The molecule has 0 aliphatic rings. The van der Waals surface area contributed by atoms with E-state index in [9.17, 15) is 9.18 Å². The maximum atomic E-state index is 14.2. The molecule has 0 spiro atoms. The molecular weight excluding hydrogens is 319 g/mol. The molecule has 0 radical (unpaired) electrons.